The Morgan fingerprint density at radius 2 is 1.77 bits per heavy atom. The molecule has 0 N–H and O–H groups in total. The molecule has 31 heavy (non-hydrogen) atoms. The summed E-state index contributed by atoms with van der Waals surface area (Å²) in [6.45, 7) is 3.98. The maximum absolute atomic E-state index is 6.63. The van der Waals surface area contributed by atoms with Crippen molar-refractivity contribution < 1.29 is 0 Å². The Bertz CT molecular complexity index is 1370. The summed E-state index contributed by atoms with van der Waals surface area (Å²) in [5.74, 6) is 0.891. The molecule has 5 aromatic rings. The van der Waals surface area contributed by atoms with Crippen LogP contribution in [0.15, 0.2) is 66.9 Å². The lowest BCUT2D eigenvalue weighted by molar-refractivity contribution is 0.655. The van der Waals surface area contributed by atoms with Gasteiger partial charge >= 0.3 is 0 Å². The molecule has 0 saturated carbocycles. The Morgan fingerprint density at radius 3 is 2.48 bits per heavy atom. The average molecular weight is 429 g/mol. The smallest absolute Gasteiger partial charge is 0.107 e. The predicted octanol–water partition coefficient (Wildman–Crippen LogP) is 5.13. The second-order valence-corrected chi connectivity index (χ2v) is 7.97. The van der Waals surface area contributed by atoms with E-state index < -0.39 is 0 Å². The third kappa shape index (κ3) is 3.29. The topological polar surface area (TPSA) is 61.4 Å². The highest BCUT2D eigenvalue weighted by molar-refractivity contribution is 6.31. The van der Waals surface area contributed by atoms with Crippen molar-refractivity contribution in [3.05, 3.63) is 94.7 Å². The van der Waals surface area contributed by atoms with Gasteiger partial charge in [-0.3, -0.25) is 4.98 Å². The van der Waals surface area contributed by atoms with Crippen LogP contribution in [0, 0.1) is 13.8 Å². The van der Waals surface area contributed by atoms with E-state index in [4.69, 9.17) is 16.6 Å². The van der Waals surface area contributed by atoms with Crippen molar-refractivity contribution in [1.29, 1.82) is 0 Å². The summed E-state index contributed by atoms with van der Waals surface area (Å²) in [6, 6.07) is 20.0. The Labute approximate surface area is 185 Å². The Morgan fingerprint density at radius 1 is 0.968 bits per heavy atom. The van der Waals surface area contributed by atoms with Gasteiger partial charge in [-0.25, -0.2) is 9.67 Å². The number of nitrogens with zero attached hydrogens (tertiary/aromatic N) is 6. The fourth-order valence-corrected chi connectivity index (χ4v) is 4.43. The highest BCUT2D eigenvalue weighted by atomic mass is 35.5. The zero-order valence-electron chi connectivity index (χ0n) is 17.5. The molecule has 1 unspecified atom stereocenters. The molecule has 0 aliphatic carbocycles. The SMILES string of the molecule is Cc1nnn(C)c1-c1ccc2nc(C)n(C(c3ccccc3)c3ncccc3Cl)c2c1. The zero-order chi connectivity index (χ0) is 21.5. The van der Waals surface area contributed by atoms with Crippen LogP contribution in [0.25, 0.3) is 22.3 Å². The summed E-state index contributed by atoms with van der Waals surface area (Å²) in [6.07, 6.45) is 1.78. The molecule has 5 rings (SSSR count). The molecule has 3 heterocycles. The molecule has 1 atom stereocenters. The minimum atomic E-state index is -0.207. The first-order valence-electron chi connectivity index (χ1n) is 10.0. The van der Waals surface area contributed by atoms with Crippen LogP contribution in [0.1, 0.15) is 28.8 Å². The Balaban J connectivity index is 1.79. The summed E-state index contributed by atoms with van der Waals surface area (Å²) in [5.41, 5.74) is 6.72. The van der Waals surface area contributed by atoms with E-state index in [1.54, 1.807) is 10.9 Å². The lowest BCUT2D eigenvalue weighted by Gasteiger charge is -2.22. The second kappa shape index (κ2) is 7.63. The quantitative estimate of drug-likeness (QED) is 0.398. The summed E-state index contributed by atoms with van der Waals surface area (Å²) in [7, 11) is 1.91. The molecule has 2 aromatic carbocycles. The normalized spacial score (nSPS) is 12.4. The maximum Gasteiger partial charge on any atom is 0.107 e. The number of rotatable bonds is 4. The Kier molecular flexibility index (Phi) is 4.79. The number of benzene rings is 2. The van der Waals surface area contributed by atoms with Crippen molar-refractivity contribution in [2.24, 2.45) is 7.05 Å². The van der Waals surface area contributed by atoms with Gasteiger partial charge in [0.15, 0.2) is 0 Å². The van der Waals surface area contributed by atoms with Crippen LogP contribution < -0.4 is 0 Å². The van der Waals surface area contributed by atoms with E-state index >= 15 is 0 Å². The van der Waals surface area contributed by atoms with Gasteiger partial charge in [0.1, 0.15) is 11.9 Å². The van der Waals surface area contributed by atoms with E-state index in [-0.39, 0.29) is 6.04 Å². The highest BCUT2D eigenvalue weighted by Gasteiger charge is 2.25. The molecule has 0 radical (unpaired) electrons. The molecule has 6 nitrogen and oxygen atoms in total. The summed E-state index contributed by atoms with van der Waals surface area (Å²) < 4.78 is 4.01. The number of aromatic nitrogens is 6. The number of halogens is 1. The standard InChI is InChI=1S/C24H21ClN6/c1-15-23(30(3)29-28-15)18-11-12-20-21(14-18)31(16(2)27-20)24(17-8-5-4-6-9-17)22-19(25)10-7-13-26-22/h4-14,24H,1-3H3. The summed E-state index contributed by atoms with van der Waals surface area (Å²) >= 11 is 6.63. The molecule has 0 amide bonds. The summed E-state index contributed by atoms with van der Waals surface area (Å²) in [4.78, 5) is 9.49. The third-order valence-corrected chi connectivity index (χ3v) is 5.87. The fraction of sp³-hybridized carbons (Fsp3) is 0.167. The largest absolute Gasteiger partial charge is 0.315 e. The molecule has 0 fully saturated rings. The van der Waals surface area contributed by atoms with Gasteiger partial charge in [0.25, 0.3) is 0 Å². The van der Waals surface area contributed by atoms with Crippen LogP contribution in [0.5, 0.6) is 0 Å². The van der Waals surface area contributed by atoms with Gasteiger partial charge in [-0.1, -0.05) is 53.2 Å². The van der Waals surface area contributed by atoms with Crippen molar-refractivity contribution in [3.63, 3.8) is 0 Å². The number of aryl methyl sites for hydroxylation is 3. The number of hydrogen-bond donors (Lipinski definition) is 0. The lowest BCUT2D eigenvalue weighted by atomic mass is 10.0. The van der Waals surface area contributed by atoms with E-state index in [0.29, 0.717) is 5.02 Å². The van der Waals surface area contributed by atoms with E-state index in [9.17, 15) is 0 Å². The highest BCUT2D eigenvalue weighted by Crippen LogP contribution is 2.35. The average Bonchev–Trinajstić information content (AvgIpc) is 3.28. The van der Waals surface area contributed by atoms with Crippen molar-refractivity contribution in [2.45, 2.75) is 19.9 Å². The van der Waals surface area contributed by atoms with Gasteiger partial charge in [0.2, 0.25) is 0 Å². The predicted molar refractivity (Wildman–Crippen MR) is 122 cm³/mol. The van der Waals surface area contributed by atoms with Gasteiger partial charge in [0.05, 0.1) is 33.1 Å². The summed E-state index contributed by atoms with van der Waals surface area (Å²) in [5, 5.41) is 8.99. The van der Waals surface area contributed by atoms with Crippen LogP contribution in [0.2, 0.25) is 5.02 Å². The monoisotopic (exact) mass is 428 g/mol. The Hall–Kier alpha value is -3.51. The molecule has 154 valence electrons. The van der Waals surface area contributed by atoms with Gasteiger partial charge < -0.3 is 4.57 Å². The lowest BCUT2D eigenvalue weighted by Crippen LogP contribution is -2.15. The number of pyridine rings is 1. The number of hydrogen-bond acceptors (Lipinski definition) is 4. The van der Waals surface area contributed by atoms with Crippen molar-refractivity contribution >= 4 is 22.6 Å². The molecule has 0 bridgehead atoms. The first-order chi connectivity index (χ1) is 15.0. The molecular formula is C24H21ClN6. The molecule has 7 heteroatoms. The molecule has 0 spiro atoms. The van der Waals surface area contributed by atoms with Gasteiger partial charge in [-0.2, -0.15) is 0 Å². The molecule has 0 saturated heterocycles. The minimum Gasteiger partial charge on any atom is -0.315 e. The van der Waals surface area contributed by atoms with Crippen molar-refractivity contribution in [1.82, 2.24) is 29.5 Å². The number of fused-ring (bicyclic) bond motifs is 1. The number of imidazole rings is 1. The van der Waals surface area contributed by atoms with Gasteiger partial charge in [-0.15, -0.1) is 5.10 Å². The molecule has 0 aliphatic rings. The third-order valence-electron chi connectivity index (χ3n) is 5.55. The first kappa shape index (κ1) is 19.5. The first-order valence-corrected chi connectivity index (χ1v) is 10.4. The van der Waals surface area contributed by atoms with Gasteiger partial charge in [0, 0.05) is 18.8 Å². The minimum absolute atomic E-state index is 0.207. The molecule has 3 aromatic heterocycles. The van der Waals surface area contributed by atoms with Crippen LogP contribution >= 0.6 is 11.6 Å². The zero-order valence-corrected chi connectivity index (χ0v) is 18.2. The van der Waals surface area contributed by atoms with Crippen LogP contribution in [-0.2, 0) is 7.05 Å². The maximum atomic E-state index is 6.63. The van der Waals surface area contributed by atoms with E-state index in [2.05, 4.69) is 44.1 Å². The fourth-order valence-electron chi connectivity index (χ4n) is 4.21. The van der Waals surface area contributed by atoms with Crippen molar-refractivity contribution in [3.8, 4) is 11.3 Å². The van der Waals surface area contributed by atoms with E-state index in [1.165, 1.54) is 0 Å². The van der Waals surface area contributed by atoms with Gasteiger partial charge in [-0.05, 0) is 43.7 Å². The van der Waals surface area contributed by atoms with E-state index in [1.807, 2.05) is 57.3 Å². The van der Waals surface area contributed by atoms with E-state index in [0.717, 1.165) is 45.1 Å². The second-order valence-electron chi connectivity index (χ2n) is 7.56. The van der Waals surface area contributed by atoms with Crippen molar-refractivity contribution in [2.75, 3.05) is 0 Å². The molecule has 0 aliphatic heterocycles. The van der Waals surface area contributed by atoms with Crippen LogP contribution in [-0.4, -0.2) is 29.5 Å². The van der Waals surface area contributed by atoms with Crippen LogP contribution in [0.3, 0.4) is 0 Å². The molecular weight excluding hydrogens is 408 g/mol. The van der Waals surface area contributed by atoms with Crippen LogP contribution in [0.4, 0.5) is 0 Å².